The van der Waals surface area contributed by atoms with Gasteiger partial charge in [-0.05, 0) is 68.2 Å². The van der Waals surface area contributed by atoms with Crippen molar-refractivity contribution in [1.29, 1.82) is 0 Å². The summed E-state index contributed by atoms with van der Waals surface area (Å²) < 4.78 is 70.3. The first-order chi connectivity index (χ1) is 32.2. The first-order valence-electron chi connectivity index (χ1n) is 22.0. The molecule has 0 aliphatic rings. The number of nitrogens with one attached hydrogen (secondary N) is 2. The average Bonchev–Trinajstić information content (AvgIpc) is 3.30. The van der Waals surface area contributed by atoms with Gasteiger partial charge in [0.05, 0.1) is 0 Å². The third kappa shape index (κ3) is 29.5. The summed E-state index contributed by atoms with van der Waals surface area (Å²) in [5.41, 5.74) is -1.48. The van der Waals surface area contributed by atoms with Crippen molar-refractivity contribution in [2.75, 3.05) is 85.8 Å². The topological polar surface area (TPSA) is 264 Å². The molecule has 0 spiro atoms. The second-order valence-electron chi connectivity index (χ2n) is 13.8. The van der Waals surface area contributed by atoms with Crippen LogP contribution >= 0.6 is 0 Å². The summed E-state index contributed by atoms with van der Waals surface area (Å²) in [6.45, 7) is 31.6. The lowest BCUT2D eigenvalue weighted by Gasteiger charge is -2.31. The Labute approximate surface area is 402 Å². The minimum absolute atomic E-state index is 0.155. The predicted molar refractivity (Wildman–Crippen MR) is 251 cm³/mol. The van der Waals surface area contributed by atoms with Crippen molar-refractivity contribution < 1.29 is 93.3 Å². The highest BCUT2D eigenvalue weighted by Crippen LogP contribution is 2.20. The summed E-state index contributed by atoms with van der Waals surface area (Å²) in [5, 5.41) is 5.17. The van der Waals surface area contributed by atoms with Crippen LogP contribution in [-0.4, -0.2) is 157 Å². The van der Waals surface area contributed by atoms with Crippen molar-refractivity contribution in [3.05, 3.63) is 62.3 Å². The standard InChI is InChI=1S/C23H37NO11Si.C21H37NO9Si/c1-7-19(25)29-16-23(17-30-20(26)8-2,18-31-21(27)9-3)35-22(28)24-14-13-15-36(32-10-4,33-11-5)34-12-6;1-8-28-32(29-9-2,30-10-3)13-11-12-22-21(25)31-18(14-26-19(23)16(4)5)15-27-20(24)17(6)7/h7-9H,1-3,10-18H2,4-6H3,(H,24,28);18H,4,6,8-15H2,1-3,5,7H3,(H,22,25). The molecule has 2 amide bonds. The molecule has 0 saturated heterocycles. The monoisotopic (exact) mass is 1010 g/mol. The third-order valence-electron chi connectivity index (χ3n) is 8.06. The van der Waals surface area contributed by atoms with Gasteiger partial charge in [0.25, 0.3) is 0 Å². The van der Waals surface area contributed by atoms with Crippen molar-refractivity contribution in [3.8, 4) is 0 Å². The minimum Gasteiger partial charge on any atom is -0.458 e. The number of alkyl carbamates (subject to hydrolysis) is 2. The highest BCUT2D eigenvalue weighted by Gasteiger charge is 2.42. The van der Waals surface area contributed by atoms with Gasteiger partial charge < -0.3 is 70.3 Å². The lowest BCUT2D eigenvalue weighted by Crippen LogP contribution is -2.51. The normalized spacial score (nSPS) is 11.1. The van der Waals surface area contributed by atoms with Gasteiger partial charge in [-0.3, -0.25) is 0 Å². The van der Waals surface area contributed by atoms with Crippen LogP contribution in [0.25, 0.3) is 0 Å². The zero-order chi connectivity index (χ0) is 52.0. The molecule has 0 rings (SSSR count). The smallest absolute Gasteiger partial charge is 0.458 e. The van der Waals surface area contributed by atoms with E-state index in [1.54, 1.807) is 0 Å². The van der Waals surface area contributed by atoms with Gasteiger partial charge >= 0.3 is 59.6 Å². The maximum absolute atomic E-state index is 12.6. The SMILES string of the molecule is C=C(C)C(=O)OCC(COC(=O)C(=C)C)OC(=O)NCCC[Si](OCC)(OCC)OCC.C=CC(=O)OCC(COC(=O)C=C)(COC(=O)C=C)OC(=O)NCCC[Si](OCC)(OCC)OCC. The van der Waals surface area contributed by atoms with E-state index < -0.39 is 91.2 Å². The third-order valence-corrected chi connectivity index (χ3v) is 14.4. The van der Waals surface area contributed by atoms with E-state index in [1.807, 2.05) is 41.5 Å². The molecule has 0 bridgehead atoms. The molecule has 0 aromatic heterocycles. The number of carbonyl (C=O) groups is 7. The zero-order valence-electron chi connectivity index (χ0n) is 41.0. The summed E-state index contributed by atoms with van der Waals surface area (Å²) >= 11 is 0. The molecule has 0 saturated carbocycles. The molecule has 0 aromatic carbocycles. The molecule has 0 aromatic rings. The lowest BCUT2D eigenvalue weighted by atomic mass is 10.1. The van der Waals surface area contributed by atoms with Gasteiger partial charge in [0.15, 0.2) is 6.10 Å². The molecular weight excluding hydrogens is 933 g/mol. The highest BCUT2D eigenvalue weighted by atomic mass is 28.4. The fourth-order valence-electron chi connectivity index (χ4n) is 5.12. The maximum Gasteiger partial charge on any atom is 0.500 e. The predicted octanol–water partition coefficient (Wildman–Crippen LogP) is 4.84. The largest absolute Gasteiger partial charge is 0.500 e. The number of carbonyl (C=O) groups excluding carboxylic acids is 7. The van der Waals surface area contributed by atoms with E-state index >= 15 is 0 Å². The Kier molecular flexibility index (Phi) is 36.0. The molecular formula is C44H74N2O20Si2. The number of rotatable bonds is 37. The van der Waals surface area contributed by atoms with Gasteiger partial charge in [0.1, 0.15) is 33.0 Å². The number of hydrogen-bond donors (Lipinski definition) is 2. The highest BCUT2D eigenvalue weighted by molar-refractivity contribution is 6.61. The zero-order valence-corrected chi connectivity index (χ0v) is 43.0. The number of hydrogen-bond acceptors (Lipinski definition) is 20. The van der Waals surface area contributed by atoms with Crippen molar-refractivity contribution in [3.63, 3.8) is 0 Å². The van der Waals surface area contributed by atoms with Crippen LogP contribution in [0.15, 0.2) is 62.3 Å². The Morgan fingerprint density at radius 3 is 1.10 bits per heavy atom. The van der Waals surface area contributed by atoms with Crippen molar-refractivity contribution in [1.82, 2.24) is 10.6 Å². The molecule has 388 valence electrons. The lowest BCUT2D eigenvalue weighted by molar-refractivity contribution is -0.169. The Morgan fingerprint density at radius 1 is 0.515 bits per heavy atom. The van der Waals surface area contributed by atoms with Gasteiger partial charge in [-0.1, -0.05) is 32.9 Å². The average molecular weight is 1010 g/mol. The number of ether oxygens (including phenoxy) is 7. The molecule has 0 radical (unpaired) electrons. The van der Waals surface area contributed by atoms with E-state index in [9.17, 15) is 33.6 Å². The maximum atomic E-state index is 12.6. The quantitative estimate of drug-likeness (QED) is 0.0277. The molecule has 2 N–H and O–H groups in total. The van der Waals surface area contributed by atoms with E-state index in [0.29, 0.717) is 64.6 Å². The molecule has 0 fully saturated rings. The van der Waals surface area contributed by atoms with Crippen LogP contribution in [0, 0.1) is 0 Å². The van der Waals surface area contributed by atoms with Crippen molar-refractivity contribution >= 4 is 59.6 Å². The van der Waals surface area contributed by atoms with Gasteiger partial charge in [0, 0.05) is 94.2 Å². The molecule has 68 heavy (non-hydrogen) atoms. The molecule has 0 unspecified atom stereocenters. The minimum atomic E-state index is -2.90. The van der Waals surface area contributed by atoms with E-state index in [4.69, 9.17) is 59.7 Å². The summed E-state index contributed by atoms with van der Waals surface area (Å²) in [4.78, 5) is 82.9. The van der Waals surface area contributed by atoms with Crippen LogP contribution in [-0.2, 0) is 83.7 Å². The van der Waals surface area contributed by atoms with Crippen LogP contribution in [0.5, 0.6) is 0 Å². The van der Waals surface area contributed by atoms with Gasteiger partial charge in [-0.2, -0.15) is 0 Å². The van der Waals surface area contributed by atoms with Crippen LogP contribution in [0.3, 0.4) is 0 Å². The van der Waals surface area contributed by atoms with Crippen LogP contribution in [0.2, 0.25) is 12.1 Å². The molecule has 24 heteroatoms. The molecule has 0 aliphatic heterocycles. The Morgan fingerprint density at radius 2 is 0.824 bits per heavy atom. The van der Waals surface area contributed by atoms with E-state index in [-0.39, 0.29) is 37.4 Å². The van der Waals surface area contributed by atoms with Crippen LogP contribution in [0.1, 0.15) is 68.2 Å². The van der Waals surface area contributed by atoms with Crippen LogP contribution < -0.4 is 10.6 Å². The van der Waals surface area contributed by atoms with Crippen LogP contribution in [0.4, 0.5) is 9.59 Å². The fraction of sp³-hybridized carbons (Fsp3) is 0.614. The van der Waals surface area contributed by atoms with E-state index in [2.05, 4.69) is 43.5 Å². The second-order valence-corrected chi connectivity index (χ2v) is 19.3. The van der Waals surface area contributed by atoms with Gasteiger partial charge in [0.2, 0.25) is 5.60 Å². The first-order valence-corrected chi connectivity index (χ1v) is 25.9. The Bertz CT molecular complexity index is 1500. The number of esters is 5. The first kappa shape index (κ1) is 64.9. The summed E-state index contributed by atoms with van der Waals surface area (Å²) in [6, 6.07) is 0.970. The van der Waals surface area contributed by atoms with Crippen molar-refractivity contribution in [2.24, 2.45) is 0 Å². The van der Waals surface area contributed by atoms with E-state index in [1.165, 1.54) is 13.8 Å². The summed E-state index contributed by atoms with van der Waals surface area (Å²) in [7, 11) is -5.69. The van der Waals surface area contributed by atoms with Gasteiger partial charge in [-0.15, -0.1) is 0 Å². The summed E-state index contributed by atoms with van der Waals surface area (Å²) in [6.07, 6.45) is 0.975. The molecule has 0 heterocycles. The number of amides is 2. The molecule has 0 aliphatic carbocycles. The molecule has 0 atom stereocenters. The van der Waals surface area contributed by atoms with E-state index in [0.717, 1.165) is 18.2 Å². The Balaban J connectivity index is 0. The molecule has 22 nitrogen and oxygen atoms in total. The fourth-order valence-corrected chi connectivity index (χ4v) is 10.3. The second kappa shape index (κ2) is 37.7. The Hall–Kier alpha value is -5.22. The summed E-state index contributed by atoms with van der Waals surface area (Å²) in [5.74, 6) is -3.80. The van der Waals surface area contributed by atoms with Crippen molar-refractivity contribution in [2.45, 2.75) is 92.0 Å². The van der Waals surface area contributed by atoms with Gasteiger partial charge in [-0.25, -0.2) is 33.6 Å².